The number of allylic oxidation sites excluding steroid dienone is 8. The average molecular weight is 500 g/mol. The fraction of sp³-hybridized carbons (Fsp3) is 0.400. The maximum atomic E-state index is 4.93. The van der Waals surface area contributed by atoms with Crippen LogP contribution in [0.25, 0.3) is 0 Å². The molecule has 6 heteroatoms. The Hall–Kier alpha value is -1.45. The number of halogens is 2. The van der Waals surface area contributed by atoms with E-state index in [9.17, 15) is 0 Å². The molecule has 1 aromatic heterocycles. The minimum atomic E-state index is 0.194. The van der Waals surface area contributed by atoms with Crippen molar-refractivity contribution in [3.05, 3.63) is 76.4 Å². The second-order valence-electron chi connectivity index (χ2n) is 8.07. The van der Waals surface area contributed by atoms with Crippen LogP contribution in [0.15, 0.2) is 75.0 Å². The third-order valence-electron chi connectivity index (χ3n) is 5.52. The predicted octanol–water partition coefficient (Wildman–Crippen LogP) is 7.82. The van der Waals surface area contributed by atoms with E-state index in [0.29, 0.717) is 11.8 Å². The monoisotopic (exact) mass is 499 g/mol. The molecule has 0 saturated heterocycles. The summed E-state index contributed by atoms with van der Waals surface area (Å²) in [6, 6.07) is 6.11. The molecule has 1 aromatic rings. The van der Waals surface area contributed by atoms with Gasteiger partial charge in [-0.25, -0.2) is 4.98 Å². The number of hydrogen-bond acceptors (Lipinski definition) is 3. The molecular formula is C25H31Cl2FeN3. The van der Waals surface area contributed by atoms with Gasteiger partial charge >= 0.3 is 33.3 Å². The standard InChI is InChI=1S/C25H31N3.2ClH.Fe/c1-16-10-7-11-17(2)24(16)26-20(5)22-14-9-15-23(28-22)21(6)27-25-18(3)12-8-13-19(25)4;;;/h7-10,12,14-15,17,19H,11,13H2,1-6H3;2*1H;/q;;;+2/p-2/t17-,19?;;;/m1.../s1. The summed E-state index contributed by atoms with van der Waals surface area (Å²) in [4.78, 5) is 14.7. The van der Waals surface area contributed by atoms with E-state index < -0.39 is 0 Å². The number of aromatic nitrogens is 1. The SMILES string of the molecule is CC(=NC1=C(C)C=CCC1C)c1cccc(C(C)=NC2=C(C)C=CC[C@H]2C)n1.[Cl][Fe][Cl]. The van der Waals surface area contributed by atoms with Crippen LogP contribution in [0, 0.1) is 11.8 Å². The summed E-state index contributed by atoms with van der Waals surface area (Å²) in [5.41, 5.74) is 8.56. The van der Waals surface area contributed by atoms with E-state index in [2.05, 4.69) is 52.0 Å². The van der Waals surface area contributed by atoms with E-state index in [4.69, 9.17) is 35.2 Å². The van der Waals surface area contributed by atoms with Crippen LogP contribution in [-0.4, -0.2) is 16.4 Å². The molecule has 2 aliphatic rings. The topological polar surface area (TPSA) is 37.6 Å². The molecule has 0 N–H and O–H groups in total. The third kappa shape index (κ3) is 7.29. The second-order valence-corrected chi connectivity index (χ2v) is 9.89. The number of rotatable bonds is 4. The van der Waals surface area contributed by atoms with Crippen LogP contribution < -0.4 is 0 Å². The minimum absolute atomic E-state index is 0.194. The van der Waals surface area contributed by atoms with Gasteiger partial charge in [0, 0.05) is 23.2 Å². The Morgan fingerprint density at radius 2 is 1.26 bits per heavy atom. The fourth-order valence-electron chi connectivity index (χ4n) is 3.78. The van der Waals surface area contributed by atoms with Crippen LogP contribution in [0.1, 0.15) is 65.8 Å². The first-order valence-corrected chi connectivity index (χ1v) is 13.5. The summed E-state index contributed by atoms with van der Waals surface area (Å²) in [5.74, 6) is 0.893. The summed E-state index contributed by atoms with van der Waals surface area (Å²) in [5, 5.41) is 0. The summed E-state index contributed by atoms with van der Waals surface area (Å²) < 4.78 is 0. The van der Waals surface area contributed by atoms with Crippen molar-refractivity contribution in [3.63, 3.8) is 0 Å². The van der Waals surface area contributed by atoms with Crippen LogP contribution in [0.4, 0.5) is 0 Å². The summed E-state index contributed by atoms with van der Waals surface area (Å²) in [6.07, 6.45) is 10.9. The Bertz CT molecular complexity index is 897. The van der Waals surface area contributed by atoms with Gasteiger partial charge in [-0.15, -0.1) is 0 Å². The van der Waals surface area contributed by atoms with Crippen molar-refractivity contribution in [2.75, 3.05) is 0 Å². The van der Waals surface area contributed by atoms with Gasteiger partial charge in [-0.3, -0.25) is 9.98 Å². The van der Waals surface area contributed by atoms with Gasteiger partial charge in [-0.1, -0.05) is 44.2 Å². The Labute approximate surface area is 201 Å². The first-order chi connectivity index (χ1) is 14.8. The predicted molar refractivity (Wildman–Crippen MR) is 132 cm³/mol. The van der Waals surface area contributed by atoms with Crippen molar-refractivity contribution in [2.45, 2.75) is 54.4 Å². The van der Waals surface area contributed by atoms with Gasteiger partial charge in [-0.2, -0.15) is 0 Å². The quantitative estimate of drug-likeness (QED) is 0.307. The summed E-state index contributed by atoms with van der Waals surface area (Å²) in [6.45, 7) is 12.8. The molecule has 2 aliphatic carbocycles. The normalized spacial score (nSPS) is 22.1. The number of nitrogens with zero attached hydrogens (tertiary/aromatic N) is 3. The van der Waals surface area contributed by atoms with Crippen molar-refractivity contribution in [3.8, 4) is 0 Å². The van der Waals surface area contributed by atoms with Gasteiger partial charge in [0.2, 0.25) is 0 Å². The molecular weight excluding hydrogens is 469 g/mol. The van der Waals surface area contributed by atoms with Crippen molar-refractivity contribution in [2.24, 2.45) is 21.8 Å². The zero-order valence-electron chi connectivity index (χ0n) is 19.1. The Morgan fingerprint density at radius 1 is 0.871 bits per heavy atom. The zero-order chi connectivity index (χ0) is 23.0. The molecule has 0 bridgehead atoms. The number of aliphatic imine (C=N–C) groups is 2. The molecule has 0 aliphatic heterocycles. The van der Waals surface area contributed by atoms with E-state index in [-0.39, 0.29) is 13.1 Å². The molecule has 3 rings (SSSR count). The molecule has 2 atom stereocenters. The Balaban J connectivity index is 0.00000107. The van der Waals surface area contributed by atoms with E-state index in [0.717, 1.165) is 35.7 Å². The molecule has 0 aromatic carbocycles. The van der Waals surface area contributed by atoms with E-state index >= 15 is 0 Å². The zero-order valence-corrected chi connectivity index (χ0v) is 21.7. The summed E-state index contributed by atoms with van der Waals surface area (Å²) in [7, 11) is 9.53. The van der Waals surface area contributed by atoms with Crippen LogP contribution >= 0.6 is 20.2 Å². The van der Waals surface area contributed by atoms with Gasteiger partial charge in [0.1, 0.15) is 0 Å². The van der Waals surface area contributed by atoms with Crippen molar-refractivity contribution >= 4 is 31.6 Å². The number of hydrogen-bond donors (Lipinski definition) is 0. The van der Waals surface area contributed by atoms with Crippen molar-refractivity contribution in [1.82, 2.24) is 4.98 Å². The molecule has 31 heavy (non-hydrogen) atoms. The number of pyridine rings is 1. The van der Waals surface area contributed by atoms with Gasteiger partial charge < -0.3 is 0 Å². The van der Waals surface area contributed by atoms with Crippen LogP contribution in [-0.2, 0) is 13.1 Å². The maximum absolute atomic E-state index is 4.93. The molecule has 0 saturated carbocycles. The molecule has 0 fully saturated rings. The molecule has 1 unspecified atom stereocenters. The van der Waals surface area contributed by atoms with Crippen LogP contribution in [0.5, 0.6) is 0 Å². The molecule has 1 heterocycles. The van der Waals surface area contributed by atoms with Gasteiger partial charge in [-0.05, 0) is 63.8 Å². The van der Waals surface area contributed by atoms with Gasteiger partial charge in [0.05, 0.1) is 22.8 Å². The van der Waals surface area contributed by atoms with Crippen molar-refractivity contribution < 1.29 is 13.1 Å². The first kappa shape index (κ1) is 25.8. The summed E-state index contributed by atoms with van der Waals surface area (Å²) >= 11 is 0.194. The first-order valence-electron chi connectivity index (χ1n) is 10.5. The molecule has 3 nitrogen and oxygen atoms in total. The fourth-order valence-corrected chi connectivity index (χ4v) is 3.78. The van der Waals surface area contributed by atoms with E-state index in [1.54, 1.807) is 0 Å². The van der Waals surface area contributed by atoms with E-state index in [1.807, 2.05) is 32.0 Å². The van der Waals surface area contributed by atoms with Crippen LogP contribution in [0.3, 0.4) is 0 Å². The third-order valence-corrected chi connectivity index (χ3v) is 5.52. The molecule has 0 amide bonds. The van der Waals surface area contributed by atoms with Gasteiger partial charge in [0.25, 0.3) is 0 Å². The van der Waals surface area contributed by atoms with Gasteiger partial charge in [0.15, 0.2) is 0 Å². The Kier molecular flexibility index (Phi) is 10.4. The Morgan fingerprint density at radius 3 is 1.61 bits per heavy atom. The van der Waals surface area contributed by atoms with E-state index in [1.165, 1.54) is 22.5 Å². The molecule has 0 spiro atoms. The van der Waals surface area contributed by atoms with Crippen molar-refractivity contribution in [1.29, 1.82) is 0 Å². The molecule has 0 radical (unpaired) electrons. The molecule has 168 valence electrons. The average Bonchev–Trinajstić information content (AvgIpc) is 2.74. The second kappa shape index (κ2) is 12.6. The van der Waals surface area contributed by atoms with Crippen LogP contribution in [0.2, 0.25) is 0 Å².